The first kappa shape index (κ1) is 26.8. The minimum atomic E-state index is -0.635. The number of amides is 1. The van der Waals surface area contributed by atoms with Crippen molar-refractivity contribution in [1.29, 1.82) is 0 Å². The maximum Gasteiger partial charge on any atom is 0.254 e. The molecule has 3 N–H and O–H groups in total. The summed E-state index contributed by atoms with van der Waals surface area (Å²) in [5, 5.41) is 18.6. The SMILES string of the molecule is CN1CCN(CC2(O)CCN(c3ccc(Nc4cnc(-c5ccnc6c5ccn6C)c5c4C(=O)NC5)nc3)CC2)CC1. The van der Waals surface area contributed by atoms with E-state index in [2.05, 4.69) is 42.3 Å². The molecule has 42 heavy (non-hydrogen) atoms. The van der Waals surface area contributed by atoms with Crippen LogP contribution in [0.25, 0.3) is 22.3 Å². The molecule has 218 valence electrons. The van der Waals surface area contributed by atoms with Gasteiger partial charge in [0.25, 0.3) is 5.91 Å². The average molecular weight is 568 g/mol. The number of pyridine rings is 3. The van der Waals surface area contributed by atoms with Gasteiger partial charge in [-0.15, -0.1) is 0 Å². The number of aromatic nitrogens is 4. The molecule has 2 saturated heterocycles. The van der Waals surface area contributed by atoms with Crippen LogP contribution < -0.4 is 15.5 Å². The van der Waals surface area contributed by atoms with Crippen LogP contribution in [0.2, 0.25) is 0 Å². The van der Waals surface area contributed by atoms with Crippen LogP contribution >= 0.6 is 0 Å². The number of carbonyl (C=O) groups excluding carboxylic acids is 1. The number of hydrogen-bond acceptors (Lipinski definition) is 9. The van der Waals surface area contributed by atoms with Gasteiger partial charge in [-0.1, -0.05) is 0 Å². The lowest BCUT2D eigenvalue weighted by molar-refractivity contribution is -0.0250. The zero-order valence-electron chi connectivity index (χ0n) is 24.2. The lowest BCUT2D eigenvalue weighted by atomic mass is 9.90. The summed E-state index contributed by atoms with van der Waals surface area (Å²) in [5.41, 5.74) is 5.12. The van der Waals surface area contributed by atoms with Gasteiger partial charge in [0.15, 0.2) is 0 Å². The van der Waals surface area contributed by atoms with Crippen LogP contribution in [0.3, 0.4) is 0 Å². The van der Waals surface area contributed by atoms with Gasteiger partial charge >= 0.3 is 0 Å². The number of carbonyl (C=O) groups is 1. The maximum absolute atomic E-state index is 12.9. The van der Waals surface area contributed by atoms with E-state index in [9.17, 15) is 9.90 Å². The number of piperazine rings is 1. The summed E-state index contributed by atoms with van der Waals surface area (Å²) in [7, 11) is 4.12. The molecule has 0 unspecified atom stereocenters. The molecule has 0 spiro atoms. The molecule has 0 bridgehead atoms. The summed E-state index contributed by atoms with van der Waals surface area (Å²) in [6.07, 6.45) is 8.82. The van der Waals surface area contributed by atoms with Crippen molar-refractivity contribution in [2.24, 2.45) is 7.05 Å². The van der Waals surface area contributed by atoms with Crippen molar-refractivity contribution >= 4 is 34.1 Å². The van der Waals surface area contributed by atoms with Gasteiger partial charge in [0.05, 0.1) is 40.6 Å². The molecule has 0 saturated carbocycles. The minimum absolute atomic E-state index is 0.122. The molecule has 2 fully saturated rings. The fourth-order valence-corrected chi connectivity index (χ4v) is 6.49. The number of nitrogens with zero attached hydrogens (tertiary/aromatic N) is 7. The molecule has 7 rings (SSSR count). The Bertz CT molecular complexity index is 1620. The van der Waals surface area contributed by atoms with Crippen LogP contribution in [0.4, 0.5) is 17.2 Å². The highest BCUT2D eigenvalue weighted by Gasteiger charge is 2.35. The van der Waals surface area contributed by atoms with Crippen LogP contribution in [0.1, 0.15) is 28.8 Å². The van der Waals surface area contributed by atoms with E-state index in [1.165, 1.54) is 0 Å². The van der Waals surface area contributed by atoms with Crippen molar-refractivity contribution in [3.8, 4) is 11.3 Å². The number of piperidine rings is 1. The molecule has 11 nitrogen and oxygen atoms in total. The van der Waals surface area contributed by atoms with Gasteiger partial charge in [0.2, 0.25) is 0 Å². The number of fused-ring (bicyclic) bond motifs is 2. The highest BCUT2D eigenvalue weighted by atomic mass is 16.3. The molecule has 4 aromatic rings. The zero-order chi connectivity index (χ0) is 28.8. The lowest BCUT2D eigenvalue weighted by Gasteiger charge is -2.43. The summed E-state index contributed by atoms with van der Waals surface area (Å²) in [6.45, 7) is 6.91. The van der Waals surface area contributed by atoms with Gasteiger partial charge in [-0.05, 0) is 44.2 Å². The summed E-state index contributed by atoms with van der Waals surface area (Å²) < 4.78 is 1.98. The number of aliphatic hydroxyl groups is 1. The molecule has 0 radical (unpaired) electrons. The van der Waals surface area contributed by atoms with Crippen molar-refractivity contribution in [2.45, 2.75) is 25.0 Å². The first-order valence-electron chi connectivity index (χ1n) is 14.7. The van der Waals surface area contributed by atoms with Crippen molar-refractivity contribution in [2.75, 3.05) is 63.1 Å². The Labute approximate surface area is 245 Å². The number of likely N-dealkylation sites (N-methyl/N-ethyl adjacent to an activating group) is 1. The number of nitrogens with one attached hydrogen (secondary N) is 2. The van der Waals surface area contributed by atoms with Gasteiger partial charge < -0.3 is 30.1 Å². The fraction of sp³-hybridized carbons (Fsp3) is 0.419. The predicted octanol–water partition coefficient (Wildman–Crippen LogP) is 2.60. The summed E-state index contributed by atoms with van der Waals surface area (Å²) >= 11 is 0. The maximum atomic E-state index is 12.9. The van der Waals surface area contributed by atoms with Gasteiger partial charge in [0.1, 0.15) is 11.5 Å². The fourth-order valence-electron chi connectivity index (χ4n) is 6.49. The molecule has 0 aromatic carbocycles. The second kappa shape index (κ2) is 10.6. The summed E-state index contributed by atoms with van der Waals surface area (Å²) in [6, 6.07) is 7.97. The number of rotatable bonds is 6. The zero-order valence-corrected chi connectivity index (χ0v) is 24.2. The molecule has 3 aliphatic heterocycles. The molecular formula is C31H37N9O2. The highest BCUT2D eigenvalue weighted by molar-refractivity contribution is 6.06. The Morgan fingerprint density at radius 3 is 2.55 bits per heavy atom. The number of anilines is 3. The molecule has 0 aliphatic carbocycles. The van der Waals surface area contributed by atoms with E-state index in [1.807, 2.05) is 48.3 Å². The molecule has 11 heteroatoms. The van der Waals surface area contributed by atoms with E-state index in [4.69, 9.17) is 4.98 Å². The van der Waals surface area contributed by atoms with E-state index < -0.39 is 5.60 Å². The number of β-amino-alcohol motifs (C(OH)–C–C–N with tert-alkyl or cyclic N) is 1. The standard InChI is InChI=1S/C31H37N9O2/c1-37-13-15-39(16-14-37)20-31(42)7-11-40(12-8-31)21-3-4-26(33-17-21)36-25-19-34-28(24-18-35-30(41)27(24)25)22-5-9-32-29-23(22)6-10-38(29)2/h3-6,9-10,17,19,42H,7-8,11-16,18,20H2,1-2H3,(H,33,36)(H,35,41). The molecule has 3 aliphatic rings. The van der Waals surface area contributed by atoms with Crippen LogP contribution in [0.5, 0.6) is 0 Å². The van der Waals surface area contributed by atoms with E-state index in [0.29, 0.717) is 23.6 Å². The first-order valence-corrected chi connectivity index (χ1v) is 14.7. The quantitative estimate of drug-likeness (QED) is 0.324. The normalized spacial score (nSPS) is 19.2. The van der Waals surface area contributed by atoms with Crippen molar-refractivity contribution < 1.29 is 9.90 Å². The third-order valence-corrected chi connectivity index (χ3v) is 9.04. The van der Waals surface area contributed by atoms with E-state index in [1.54, 1.807) is 12.4 Å². The molecule has 4 aromatic heterocycles. The lowest BCUT2D eigenvalue weighted by Crippen LogP contribution is -2.54. The summed E-state index contributed by atoms with van der Waals surface area (Å²) in [4.78, 5) is 33.9. The van der Waals surface area contributed by atoms with Crippen LogP contribution in [-0.4, -0.2) is 98.8 Å². The van der Waals surface area contributed by atoms with Crippen LogP contribution in [0, 0.1) is 0 Å². The molecular weight excluding hydrogens is 530 g/mol. The third-order valence-electron chi connectivity index (χ3n) is 9.04. The van der Waals surface area contributed by atoms with Crippen molar-refractivity contribution in [3.05, 3.63) is 60.2 Å². The van der Waals surface area contributed by atoms with Gasteiger partial charge in [-0.3, -0.25) is 14.7 Å². The Kier molecular flexibility index (Phi) is 6.80. The second-order valence-electron chi connectivity index (χ2n) is 11.9. The Morgan fingerprint density at radius 1 is 0.976 bits per heavy atom. The monoisotopic (exact) mass is 567 g/mol. The highest BCUT2D eigenvalue weighted by Crippen LogP contribution is 2.36. The van der Waals surface area contributed by atoms with Gasteiger partial charge in [0, 0.05) is 88.3 Å². The van der Waals surface area contributed by atoms with Crippen LogP contribution in [0.15, 0.2) is 49.1 Å². The Balaban J connectivity index is 1.05. The second-order valence-corrected chi connectivity index (χ2v) is 11.9. The van der Waals surface area contributed by atoms with Crippen molar-refractivity contribution in [3.63, 3.8) is 0 Å². The van der Waals surface area contributed by atoms with Crippen molar-refractivity contribution in [1.82, 2.24) is 34.6 Å². The Hall–Kier alpha value is -4.06. The number of hydrogen-bond donors (Lipinski definition) is 3. The van der Waals surface area contributed by atoms with E-state index in [-0.39, 0.29) is 5.91 Å². The predicted molar refractivity (Wildman–Crippen MR) is 163 cm³/mol. The number of aryl methyl sites for hydroxylation is 1. The summed E-state index contributed by atoms with van der Waals surface area (Å²) in [5.74, 6) is 0.525. The first-order chi connectivity index (χ1) is 20.4. The van der Waals surface area contributed by atoms with Crippen LogP contribution in [-0.2, 0) is 13.6 Å². The van der Waals surface area contributed by atoms with E-state index >= 15 is 0 Å². The molecule has 0 atom stereocenters. The Morgan fingerprint density at radius 2 is 1.79 bits per heavy atom. The van der Waals surface area contributed by atoms with Gasteiger partial charge in [-0.2, -0.15) is 0 Å². The molecule has 1 amide bonds. The topological polar surface area (TPSA) is 115 Å². The molecule has 7 heterocycles. The van der Waals surface area contributed by atoms with Gasteiger partial charge in [-0.25, -0.2) is 9.97 Å². The minimum Gasteiger partial charge on any atom is -0.388 e. The third kappa shape index (κ3) is 4.97. The largest absolute Gasteiger partial charge is 0.388 e. The smallest absolute Gasteiger partial charge is 0.254 e. The van der Waals surface area contributed by atoms with E-state index in [0.717, 1.165) is 92.2 Å². The average Bonchev–Trinajstić information content (AvgIpc) is 3.58.